The molecule has 27 heavy (non-hydrogen) atoms. The predicted molar refractivity (Wildman–Crippen MR) is 112 cm³/mol. The number of allylic oxidation sites excluding steroid dienone is 1. The summed E-state index contributed by atoms with van der Waals surface area (Å²) in [5.41, 5.74) is 2.44. The minimum Gasteiger partial charge on any atom is -0.296 e. The molecule has 1 unspecified atom stereocenters. The molecule has 1 aromatic heterocycles. The molecule has 0 amide bonds. The second-order valence-corrected chi connectivity index (χ2v) is 7.26. The summed E-state index contributed by atoms with van der Waals surface area (Å²) >= 11 is 5.76. The quantitative estimate of drug-likeness (QED) is 0.444. The lowest BCUT2D eigenvalue weighted by Gasteiger charge is -2.24. The van der Waals surface area contributed by atoms with Crippen LogP contribution in [0.1, 0.15) is 24.4 Å². The van der Waals surface area contributed by atoms with E-state index in [0.29, 0.717) is 19.3 Å². The van der Waals surface area contributed by atoms with Gasteiger partial charge < -0.3 is 0 Å². The Hall–Kier alpha value is -2.50. The molecule has 4 rings (SSSR count). The van der Waals surface area contributed by atoms with Crippen LogP contribution in [0.5, 0.6) is 0 Å². The fourth-order valence-corrected chi connectivity index (χ4v) is 4.11. The van der Waals surface area contributed by atoms with E-state index in [9.17, 15) is 0 Å². The first-order valence-electron chi connectivity index (χ1n) is 9.41. The van der Waals surface area contributed by atoms with Crippen LogP contribution >= 0.6 is 12.2 Å². The highest BCUT2D eigenvalue weighted by molar-refractivity contribution is 7.71. The molecule has 3 aromatic rings. The molecule has 4 nitrogen and oxygen atoms in total. The van der Waals surface area contributed by atoms with Crippen molar-refractivity contribution in [2.24, 2.45) is 0 Å². The molecular formula is C22H24N4S. The Labute approximate surface area is 165 Å². The monoisotopic (exact) mass is 376 g/mol. The average molecular weight is 377 g/mol. The number of likely N-dealkylation sites (tertiary alicyclic amines) is 1. The van der Waals surface area contributed by atoms with Crippen LogP contribution in [0.3, 0.4) is 0 Å². The van der Waals surface area contributed by atoms with Gasteiger partial charge >= 0.3 is 0 Å². The van der Waals surface area contributed by atoms with E-state index in [0.717, 1.165) is 22.7 Å². The fourth-order valence-electron chi connectivity index (χ4n) is 3.85. The van der Waals surface area contributed by atoms with Gasteiger partial charge in [-0.05, 0) is 30.6 Å². The van der Waals surface area contributed by atoms with Gasteiger partial charge in [0.05, 0.1) is 6.67 Å². The normalized spacial score (nSPS) is 17.3. The van der Waals surface area contributed by atoms with Crippen molar-refractivity contribution >= 4 is 12.2 Å². The predicted octanol–water partition coefficient (Wildman–Crippen LogP) is 5.06. The summed E-state index contributed by atoms with van der Waals surface area (Å²) in [7, 11) is 0. The molecule has 2 heterocycles. The first-order valence-corrected chi connectivity index (χ1v) is 9.81. The third-order valence-corrected chi connectivity index (χ3v) is 5.56. The van der Waals surface area contributed by atoms with Crippen molar-refractivity contribution < 1.29 is 0 Å². The SMILES string of the molecule is C=CCn1c(-c2ccccc2)nn(CN2CCCC2c2ccccc2)c1=S. The van der Waals surface area contributed by atoms with Crippen LogP contribution in [-0.2, 0) is 13.2 Å². The summed E-state index contributed by atoms with van der Waals surface area (Å²) in [6.07, 6.45) is 4.25. The van der Waals surface area contributed by atoms with Crippen molar-refractivity contribution in [3.05, 3.63) is 83.7 Å². The maximum Gasteiger partial charge on any atom is 0.199 e. The lowest BCUT2D eigenvalue weighted by molar-refractivity contribution is 0.190. The molecule has 2 aromatic carbocycles. The van der Waals surface area contributed by atoms with E-state index >= 15 is 0 Å². The number of aromatic nitrogens is 3. The van der Waals surface area contributed by atoms with E-state index in [2.05, 4.69) is 58.5 Å². The second-order valence-electron chi connectivity index (χ2n) is 6.89. The molecule has 0 radical (unpaired) electrons. The molecule has 0 N–H and O–H groups in total. The Bertz CT molecular complexity index is 959. The number of hydrogen-bond donors (Lipinski definition) is 0. The van der Waals surface area contributed by atoms with Gasteiger partial charge in [0.15, 0.2) is 10.6 Å². The third kappa shape index (κ3) is 3.66. The van der Waals surface area contributed by atoms with Crippen molar-refractivity contribution in [2.45, 2.75) is 32.1 Å². The molecule has 5 heteroatoms. The summed E-state index contributed by atoms with van der Waals surface area (Å²) in [6, 6.07) is 21.4. The second kappa shape index (κ2) is 8.03. The van der Waals surface area contributed by atoms with Crippen LogP contribution < -0.4 is 0 Å². The summed E-state index contributed by atoms with van der Waals surface area (Å²) in [5.74, 6) is 0.899. The zero-order chi connectivity index (χ0) is 18.6. The highest BCUT2D eigenvalue weighted by atomic mass is 32.1. The highest BCUT2D eigenvalue weighted by Gasteiger charge is 2.27. The van der Waals surface area contributed by atoms with E-state index < -0.39 is 0 Å². The number of hydrogen-bond acceptors (Lipinski definition) is 3. The maximum absolute atomic E-state index is 5.76. The van der Waals surface area contributed by atoms with Gasteiger partial charge in [0.25, 0.3) is 0 Å². The van der Waals surface area contributed by atoms with E-state index in [1.165, 1.54) is 18.4 Å². The van der Waals surface area contributed by atoms with Crippen molar-refractivity contribution in [3.63, 3.8) is 0 Å². The van der Waals surface area contributed by atoms with E-state index in [-0.39, 0.29) is 0 Å². The summed E-state index contributed by atoms with van der Waals surface area (Å²) in [5, 5.41) is 4.88. The van der Waals surface area contributed by atoms with Gasteiger partial charge in [0, 0.05) is 24.7 Å². The molecule has 1 fully saturated rings. The smallest absolute Gasteiger partial charge is 0.199 e. The first-order chi connectivity index (χ1) is 13.3. The van der Waals surface area contributed by atoms with E-state index in [4.69, 9.17) is 17.3 Å². The van der Waals surface area contributed by atoms with E-state index in [1.54, 1.807) is 0 Å². The zero-order valence-corrected chi connectivity index (χ0v) is 16.2. The number of nitrogens with zero attached hydrogens (tertiary/aromatic N) is 4. The lowest BCUT2D eigenvalue weighted by Crippen LogP contribution is -2.27. The standard InChI is InChI=1S/C22H24N4S/c1-2-15-25-21(19-12-7-4-8-13-19)23-26(22(25)27)17-24-16-9-14-20(24)18-10-5-3-6-11-18/h2-8,10-13,20H,1,9,14-17H2. The molecule has 0 aliphatic carbocycles. The largest absolute Gasteiger partial charge is 0.296 e. The molecule has 0 spiro atoms. The first kappa shape index (κ1) is 17.9. The van der Waals surface area contributed by atoms with Crippen LogP contribution in [0.4, 0.5) is 0 Å². The highest BCUT2D eigenvalue weighted by Crippen LogP contribution is 2.32. The Morgan fingerprint density at radius 1 is 1.07 bits per heavy atom. The van der Waals surface area contributed by atoms with Gasteiger partial charge in [-0.25, -0.2) is 4.68 Å². The minimum absolute atomic E-state index is 0.429. The topological polar surface area (TPSA) is 26.0 Å². The molecule has 1 saturated heterocycles. The Morgan fingerprint density at radius 2 is 1.78 bits per heavy atom. The van der Waals surface area contributed by atoms with Crippen molar-refractivity contribution in [3.8, 4) is 11.4 Å². The van der Waals surface area contributed by atoms with Crippen molar-refractivity contribution in [1.82, 2.24) is 19.2 Å². The van der Waals surface area contributed by atoms with Crippen molar-refractivity contribution in [1.29, 1.82) is 0 Å². The molecule has 1 atom stereocenters. The molecule has 1 aliphatic heterocycles. The molecule has 1 aliphatic rings. The van der Waals surface area contributed by atoms with Gasteiger partial charge in [-0.2, -0.15) is 5.10 Å². The van der Waals surface area contributed by atoms with Crippen LogP contribution in [0.15, 0.2) is 73.3 Å². The third-order valence-electron chi connectivity index (χ3n) is 5.13. The van der Waals surface area contributed by atoms with Gasteiger partial charge in [-0.1, -0.05) is 66.7 Å². The van der Waals surface area contributed by atoms with Crippen LogP contribution in [0.2, 0.25) is 0 Å². The van der Waals surface area contributed by atoms with Crippen LogP contribution in [-0.4, -0.2) is 25.8 Å². The number of rotatable bonds is 6. The molecule has 138 valence electrons. The maximum atomic E-state index is 5.76. The average Bonchev–Trinajstić information content (AvgIpc) is 3.30. The molecular weight excluding hydrogens is 352 g/mol. The number of benzene rings is 2. The van der Waals surface area contributed by atoms with E-state index in [1.807, 2.05) is 29.0 Å². The van der Waals surface area contributed by atoms with Crippen molar-refractivity contribution in [2.75, 3.05) is 6.54 Å². The Morgan fingerprint density at radius 3 is 2.48 bits per heavy atom. The molecule has 0 bridgehead atoms. The van der Waals surface area contributed by atoms with Gasteiger partial charge in [0.1, 0.15) is 0 Å². The fraction of sp³-hybridized carbons (Fsp3) is 0.273. The summed E-state index contributed by atoms with van der Waals surface area (Å²) in [6.45, 7) is 6.32. The van der Waals surface area contributed by atoms with Gasteiger partial charge in [-0.15, -0.1) is 6.58 Å². The van der Waals surface area contributed by atoms with Crippen LogP contribution in [0, 0.1) is 4.77 Å². The summed E-state index contributed by atoms with van der Waals surface area (Å²) < 4.78 is 4.76. The minimum atomic E-state index is 0.429. The zero-order valence-electron chi connectivity index (χ0n) is 15.4. The van der Waals surface area contributed by atoms with Gasteiger partial charge in [-0.3, -0.25) is 9.47 Å². The Balaban J connectivity index is 1.66. The Kier molecular flexibility index (Phi) is 5.32. The lowest BCUT2D eigenvalue weighted by atomic mass is 10.1. The van der Waals surface area contributed by atoms with Crippen LogP contribution in [0.25, 0.3) is 11.4 Å². The van der Waals surface area contributed by atoms with Gasteiger partial charge in [0.2, 0.25) is 0 Å². The molecule has 0 saturated carbocycles. The summed E-state index contributed by atoms with van der Waals surface area (Å²) in [4.78, 5) is 2.48.